The number of benzene rings is 3. The summed E-state index contributed by atoms with van der Waals surface area (Å²) in [4.78, 5) is 33.3. The molecule has 7 rings (SSSR count). The number of carbonyl (C=O) groups excluding carboxylic acids is 1. The van der Waals surface area contributed by atoms with Crippen molar-refractivity contribution < 1.29 is 19.0 Å². The zero-order valence-corrected chi connectivity index (χ0v) is 26.2. The Bertz CT molecular complexity index is 2270. The van der Waals surface area contributed by atoms with Crippen molar-refractivity contribution in [1.82, 2.24) is 9.13 Å². The van der Waals surface area contributed by atoms with Crippen LogP contribution in [0.1, 0.15) is 55.0 Å². The van der Waals surface area contributed by atoms with Crippen LogP contribution in [0.15, 0.2) is 94.0 Å². The number of nitriles is 1. The first kappa shape index (κ1) is 29.3. The topological polar surface area (TPSA) is 108 Å². The van der Waals surface area contributed by atoms with Gasteiger partial charge < -0.3 is 18.8 Å². The normalized spacial score (nSPS) is 15.5. The van der Waals surface area contributed by atoms with Crippen LogP contribution in [0, 0.1) is 11.3 Å². The molecule has 2 aliphatic heterocycles. The maximum absolute atomic E-state index is 14.4. The smallest absolute Gasteiger partial charge is 0.338 e. The fourth-order valence-corrected chi connectivity index (χ4v) is 7.14. The van der Waals surface area contributed by atoms with Crippen molar-refractivity contribution in [1.29, 1.82) is 5.26 Å². The number of para-hydroxylation sites is 1. The van der Waals surface area contributed by atoms with Crippen LogP contribution in [0.4, 0.5) is 0 Å². The molecule has 9 nitrogen and oxygen atoms in total. The molecule has 0 saturated carbocycles. The van der Waals surface area contributed by atoms with Gasteiger partial charge in [0, 0.05) is 29.2 Å². The maximum atomic E-state index is 14.4. The predicted octanol–water partition coefficient (Wildman–Crippen LogP) is 5.18. The lowest BCUT2D eigenvalue weighted by molar-refractivity contribution is -0.139. The second-order valence-corrected chi connectivity index (χ2v) is 12.0. The molecule has 1 atom stereocenters. The number of carbonyl (C=O) groups is 1. The number of aromatic nitrogens is 2. The minimum atomic E-state index is -0.752. The van der Waals surface area contributed by atoms with E-state index in [2.05, 4.69) is 10.6 Å². The standard InChI is InChI=1S/C36H30N4O5S/c1-3-9-27-32(35(42)43-4-2)33(22-14-15-29-30(16-22)45-21-44-29)40-34(41)31(46-36(40)38-27)17-25-20-39(28-13-8-7-12-26(25)28)19-24-11-6-5-10-23(24)18-37/h5-8,10-17,20,33H,3-4,9,19,21H2,1-2H3/b31-17+/t33-/m0/s1. The Hall–Kier alpha value is -5.40. The minimum absolute atomic E-state index is 0.110. The average Bonchev–Trinajstić information content (AvgIpc) is 3.77. The Balaban J connectivity index is 1.41. The van der Waals surface area contributed by atoms with E-state index in [1.54, 1.807) is 17.6 Å². The number of rotatable bonds is 8. The number of hydrogen-bond donors (Lipinski definition) is 0. The van der Waals surface area contributed by atoms with E-state index in [0.717, 1.165) is 28.5 Å². The number of ether oxygens (including phenoxy) is 3. The van der Waals surface area contributed by atoms with Crippen LogP contribution in [-0.2, 0) is 16.1 Å². The van der Waals surface area contributed by atoms with Crippen LogP contribution in [-0.4, -0.2) is 28.5 Å². The van der Waals surface area contributed by atoms with Gasteiger partial charge in [-0.3, -0.25) is 9.36 Å². The fraction of sp³-hybridized carbons (Fsp3) is 0.222. The molecular formula is C36H30N4O5S. The van der Waals surface area contributed by atoms with Gasteiger partial charge in [-0.05, 0) is 54.8 Å². The van der Waals surface area contributed by atoms with Crippen molar-refractivity contribution >= 4 is 34.3 Å². The number of thiazole rings is 1. The van der Waals surface area contributed by atoms with Crippen molar-refractivity contribution in [2.45, 2.75) is 39.3 Å². The van der Waals surface area contributed by atoms with Gasteiger partial charge in [0.05, 0.1) is 40.1 Å². The first-order valence-electron chi connectivity index (χ1n) is 15.2. The molecule has 46 heavy (non-hydrogen) atoms. The molecule has 0 aliphatic carbocycles. The lowest BCUT2D eigenvalue weighted by Gasteiger charge is -2.25. The highest BCUT2D eigenvalue weighted by atomic mass is 32.1. The molecule has 0 bridgehead atoms. The van der Waals surface area contributed by atoms with E-state index in [0.29, 0.717) is 56.2 Å². The van der Waals surface area contributed by atoms with E-state index in [-0.39, 0.29) is 19.0 Å². The van der Waals surface area contributed by atoms with E-state index in [4.69, 9.17) is 19.2 Å². The Labute approximate surface area is 268 Å². The molecule has 0 saturated heterocycles. The second kappa shape index (κ2) is 12.2. The van der Waals surface area contributed by atoms with Crippen LogP contribution < -0.4 is 24.4 Å². The minimum Gasteiger partial charge on any atom is -0.463 e. The summed E-state index contributed by atoms with van der Waals surface area (Å²) >= 11 is 1.30. The van der Waals surface area contributed by atoms with Crippen LogP contribution in [0.25, 0.3) is 17.0 Å². The molecular weight excluding hydrogens is 600 g/mol. The highest BCUT2D eigenvalue weighted by molar-refractivity contribution is 7.07. The third-order valence-corrected chi connectivity index (χ3v) is 9.17. The summed E-state index contributed by atoms with van der Waals surface area (Å²) in [7, 11) is 0. The predicted molar refractivity (Wildman–Crippen MR) is 174 cm³/mol. The van der Waals surface area contributed by atoms with Gasteiger partial charge in [-0.2, -0.15) is 5.26 Å². The largest absolute Gasteiger partial charge is 0.463 e. The summed E-state index contributed by atoms with van der Waals surface area (Å²) < 4.78 is 20.9. The molecule has 4 heterocycles. The lowest BCUT2D eigenvalue weighted by atomic mass is 9.94. The molecule has 0 spiro atoms. The van der Waals surface area contributed by atoms with Gasteiger partial charge in [0.15, 0.2) is 16.3 Å². The summed E-state index contributed by atoms with van der Waals surface area (Å²) in [6.07, 6.45) is 5.22. The van der Waals surface area contributed by atoms with Gasteiger partial charge in [0.1, 0.15) is 0 Å². The Morgan fingerprint density at radius 2 is 1.91 bits per heavy atom. The van der Waals surface area contributed by atoms with E-state index in [9.17, 15) is 14.9 Å². The highest BCUT2D eigenvalue weighted by Crippen LogP contribution is 2.39. The molecule has 0 fully saturated rings. The summed E-state index contributed by atoms with van der Waals surface area (Å²) in [5.74, 6) is 0.676. The third kappa shape index (κ3) is 5.08. The lowest BCUT2D eigenvalue weighted by Crippen LogP contribution is -2.40. The number of nitrogens with zero attached hydrogens (tertiary/aromatic N) is 4. The maximum Gasteiger partial charge on any atom is 0.338 e. The second-order valence-electron chi connectivity index (χ2n) is 11.0. The van der Waals surface area contributed by atoms with Crippen molar-refractivity contribution in [2.75, 3.05) is 13.4 Å². The summed E-state index contributed by atoms with van der Waals surface area (Å²) in [6, 6.07) is 22.6. The van der Waals surface area contributed by atoms with Crippen molar-refractivity contribution in [3.63, 3.8) is 0 Å². The third-order valence-electron chi connectivity index (χ3n) is 8.19. The molecule has 0 amide bonds. The number of fused-ring (bicyclic) bond motifs is 3. The van der Waals surface area contributed by atoms with Crippen molar-refractivity contribution in [3.05, 3.63) is 126 Å². The van der Waals surface area contributed by atoms with Crippen molar-refractivity contribution in [3.8, 4) is 17.6 Å². The van der Waals surface area contributed by atoms with Gasteiger partial charge >= 0.3 is 5.97 Å². The summed E-state index contributed by atoms with van der Waals surface area (Å²) in [5.41, 5.74) is 4.81. The average molecular weight is 631 g/mol. The van der Waals surface area contributed by atoms with Gasteiger partial charge in [0.25, 0.3) is 5.56 Å². The highest BCUT2D eigenvalue weighted by Gasteiger charge is 2.35. The molecule has 5 aromatic rings. The van der Waals surface area contributed by atoms with Crippen LogP contribution in [0.2, 0.25) is 0 Å². The van der Waals surface area contributed by atoms with Gasteiger partial charge in [-0.1, -0.05) is 67.1 Å². The molecule has 10 heteroatoms. The number of hydrogen-bond acceptors (Lipinski definition) is 8. The Morgan fingerprint density at radius 1 is 1.11 bits per heavy atom. The first-order chi connectivity index (χ1) is 22.5. The number of allylic oxidation sites excluding steroid dienone is 1. The van der Waals surface area contributed by atoms with Crippen LogP contribution in [0.3, 0.4) is 0 Å². The van der Waals surface area contributed by atoms with E-state index in [1.165, 1.54) is 11.3 Å². The first-order valence-corrected chi connectivity index (χ1v) is 16.0. The quantitative estimate of drug-likeness (QED) is 0.219. The van der Waals surface area contributed by atoms with Gasteiger partial charge in [-0.25, -0.2) is 9.79 Å². The monoisotopic (exact) mass is 630 g/mol. The molecule has 3 aromatic carbocycles. The number of esters is 1. The van der Waals surface area contributed by atoms with Crippen molar-refractivity contribution in [2.24, 2.45) is 4.99 Å². The van der Waals surface area contributed by atoms with Gasteiger partial charge in [0.2, 0.25) is 6.79 Å². The molecule has 0 N–H and O–H groups in total. The van der Waals surface area contributed by atoms with E-state index in [1.807, 2.05) is 79.9 Å². The molecule has 0 radical (unpaired) electrons. The van der Waals surface area contributed by atoms with Crippen LogP contribution in [0.5, 0.6) is 11.5 Å². The van der Waals surface area contributed by atoms with Crippen LogP contribution >= 0.6 is 11.3 Å². The Morgan fingerprint density at radius 3 is 2.74 bits per heavy atom. The fourth-order valence-electron chi connectivity index (χ4n) is 6.13. The Kier molecular flexibility index (Phi) is 7.76. The summed E-state index contributed by atoms with van der Waals surface area (Å²) in [5, 5.41) is 10.6. The molecule has 2 aromatic heterocycles. The zero-order valence-electron chi connectivity index (χ0n) is 25.4. The SMILES string of the molecule is CCCC1=C(C(=O)OCC)[C@H](c2ccc3c(c2)OCO3)n2c(s/c(=C/c3cn(Cc4ccccc4C#N)c4ccccc34)c2=O)=N1. The zero-order chi connectivity index (χ0) is 31.8. The van der Waals surface area contributed by atoms with E-state index >= 15 is 0 Å². The summed E-state index contributed by atoms with van der Waals surface area (Å²) in [6.45, 7) is 4.60. The van der Waals surface area contributed by atoms with E-state index < -0.39 is 12.0 Å². The molecule has 0 unspecified atom stereocenters. The van der Waals surface area contributed by atoms with Gasteiger partial charge in [-0.15, -0.1) is 0 Å². The molecule has 2 aliphatic rings. The molecule has 230 valence electrons.